The van der Waals surface area contributed by atoms with E-state index in [2.05, 4.69) is 11.1 Å². The van der Waals surface area contributed by atoms with Gasteiger partial charge in [0.1, 0.15) is 0 Å². The number of para-hydroxylation sites is 1. The van der Waals surface area contributed by atoms with E-state index in [1.807, 2.05) is 60.5 Å². The third-order valence-electron chi connectivity index (χ3n) is 3.52. The van der Waals surface area contributed by atoms with Crippen molar-refractivity contribution >= 4 is 26.7 Å². The number of hydrogen-bond acceptors (Lipinski definition) is 5. The maximum atomic E-state index is 10.1. The fourth-order valence-corrected chi connectivity index (χ4v) is 3.29. The summed E-state index contributed by atoms with van der Waals surface area (Å²) in [6.07, 6.45) is -0.546. The van der Waals surface area contributed by atoms with Gasteiger partial charge in [-0.1, -0.05) is 53.8 Å². The first-order chi connectivity index (χ1) is 11.2. The largest absolute Gasteiger partial charge is 0.389 e. The number of ether oxygens (including phenoxy) is 1. The van der Waals surface area contributed by atoms with Crippen LogP contribution in [0.1, 0.15) is 5.56 Å². The minimum atomic E-state index is -0.546. The molecule has 1 unspecified atom stereocenters. The van der Waals surface area contributed by atoms with Gasteiger partial charge in [-0.3, -0.25) is 0 Å². The zero-order valence-corrected chi connectivity index (χ0v) is 13.9. The molecule has 0 spiro atoms. The topological polar surface area (TPSA) is 45.6 Å². The Kier molecular flexibility index (Phi) is 5.23. The van der Waals surface area contributed by atoms with Gasteiger partial charge in [-0.25, -0.2) is 4.98 Å². The molecule has 0 saturated carbocycles. The van der Waals surface area contributed by atoms with Crippen molar-refractivity contribution in [3.8, 4) is 0 Å². The van der Waals surface area contributed by atoms with E-state index >= 15 is 0 Å². The lowest BCUT2D eigenvalue weighted by molar-refractivity contribution is 0.0324. The number of rotatable bonds is 7. The van der Waals surface area contributed by atoms with E-state index in [4.69, 9.17) is 4.74 Å². The molecular formula is C18H20N2O2S. The molecule has 0 radical (unpaired) electrons. The van der Waals surface area contributed by atoms with E-state index in [1.54, 1.807) is 11.3 Å². The molecule has 0 aliphatic heterocycles. The summed E-state index contributed by atoms with van der Waals surface area (Å²) in [4.78, 5) is 6.56. The minimum absolute atomic E-state index is 0.310. The summed E-state index contributed by atoms with van der Waals surface area (Å²) >= 11 is 1.63. The van der Waals surface area contributed by atoms with Crippen LogP contribution in [0.3, 0.4) is 0 Å². The molecule has 1 atom stereocenters. The van der Waals surface area contributed by atoms with E-state index in [1.165, 1.54) is 0 Å². The molecule has 0 amide bonds. The quantitative estimate of drug-likeness (QED) is 0.723. The molecule has 3 aromatic rings. The van der Waals surface area contributed by atoms with Crippen molar-refractivity contribution in [2.45, 2.75) is 12.7 Å². The summed E-state index contributed by atoms with van der Waals surface area (Å²) in [5.41, 5.74) is 2.10. The van der Waals surface area contributed by atoms with Gasteiger partial charge in [0.25, 0.3) is 0 Å². The van der Waals surface area contributed by atoms with Crippen LogP contribution in [-0.4, -0.2) is 36.4 Å². The predicted octanol–water partition coefficient (Wildman–Crippen LogP) is 3.31. The van der Waals surface area contributed by atoms with E-state index in [-0.39, 0.29) is 0 Å². The Morgan fingerprint density at radius 3 is 2.65 bits per heavy atom. The number of aliphatic hydroxyl groups is 1. The SMILES string of the molecule is CN(CC(O)COCc1ccccc1)c1nc2ccccc2s1. The third kappa shape index (κ3) is 4.28. The second-order valence-corrected chi connectivity index (χ2v) is 6.51. The van der Waals surface area contributed by atoms with Gasteiger partial charge >= 0.3 is 0 Å². The zero-order chi connectivity index (χ0) is 16.1. The number of nitrogens with zero attached hydrogens (tertiary/aromatic N) is 2. The highest BCUT2D eigenvalue weighted by molar-refractivity contribution is 7.22. The average Bonchev–Trinajstić information content (AvgIpc) is 3.00. The Hall–Kier alpha value is -1.95. The van der Waals surface area contributed by atoms with E-state index in [9.17, 15) is 5.11 Å². The number of anilines is 1. The first kappa shape index (κ1) is 15.9. The van der Waals surface area contributed by atoms with Gasteiger partial charge in [-0.05, 0) is 17.7 Å². The lowest BCUT2D eigenvalue weighted by Crippen LogP contribution is -2.32. The predicted molar refractivity (Wildman–Crippen MR) is 95.0 cm³/mol. The molecule has 0 saturated heterocycles. The highest BCUT2D eigenvalue weighted by atomic mass is 32.1. The van der Waals surface area contributed by atoms with Crippen LogP contribution in [0.2, 0.25) is 0 Å². The van der Waals surface area contributed by atoms with Crippen molar-refractivity contribution in [2.24, 2.45) is 0 Å². The molecule has 1 aromatic heterocycles. The number of thiazole rings is 1. The van der Waals surface area contributed by atoms with Gasteiger partial charge in [0.15, 0.2) is 5.13 Å². The lowest BCUT2D eigenvalue weighted by Gasteiger charge is -2.19. The van der Waals surface area contributed by atoms with Crippen LogP contribution in [0.25, 0.3) is 10.2 Å². The molecule has 0 fully saturated rings. The minimum Gasteiger partial charge on any atom is -0.389 e. The van der Waals surface area contributed by atoms with Crippen molar-refractivity contribution in [3.05, 3.63) is 60.2 Å². The van der Waals surface area contributed by atoms with E-state index in [0.29, 0.717) is 19.8 Å². The van der Waals surface area contributed by atoms with Crippen LogP contribution in [0.5, 0.6) is 0 Å². The van der Waals surface area contributed by atoms with Crippen molar-refractivity contribution in [1.82, 2.24) is 4.98 Å². The Morgan fingerprint density at radius 1 is 1.13 bits per heavy atom. The van der Waals surface area contributed by atoms with Gasteiger partial charge in [0, 0.05) is 13.6 Å². The molecule has 0 aliphatic rings. The number of benzene rings is 2. The van der Waals surface area contributed by atoms with Gasteiger partial charge in [0.2, 0.25) is 0 Å². The maximum Gasteiger partial charge on any atom is 0.186 e. The van der Waals surface area contributed by atoms with E-state index < -0.39 is 6.10 Å². The fourth-order valence-electron chi connectivity index (χ4n) is 2.36. The highest BCUT2D eigenvalue weighted by Crippen LogP contribution is 2.27. The Balaban J connectivity index is 1.49. The third-order valence-corrected chi connectivity index (χ3v) is 4.67. The first-order valence-corrected chi connectivity index (χ1v) is 8.40. The normalized spacial score (nSPS) is 12.4. The molecule has 2 aromatic carbocycles. The van der Waals surface area contributed by atoms with Gasteiger partial charge in [-0.2, -0.15) is 0 Å². The standard InChI is InChI=1S/C18H20N2O2S/c1-20(18-19-16-9-5-6-10-17(16)23-18)11-15(21)13-22-12-14-7-3-2-4-8-14/h2-10,15,21H,11-13H2,1H3. The van der Waals surface area contributed by atoms with Crippen LogP contribution in [0.4, 0.5) is 5.13 Å². The first-order valence-electron chi connectivity index (χ1n) is 7.59. The molecule has 0 aliphatic carbocycles. The maximum absolute atomic E-state index is 10.1. The molecule has 1 N–H and O–H groups in total. The molecule has 0 bridgehead atoms. The summed E-state index contributed by atoms with van der Waals surface area (Å²) in [6.45, 7) is 1.32. The lowest BCUT2D eigenvalue weighted by atomic mass is 10.2. The van der Waals surface area contributed by atoms with Crippen molar-refractivity contribution in [2.75, 3.05) is 25.1 Å². The Labute approximate surface area is 140 Å². The number of aliphatic hydroxyl groups excluding tert-OH is 1. The summed E-state index contributed by atoms with van der Waals surface area (Å²) in [5, 5.41) is 11.1. The van der Waals surface area contributed by atoms with Gasteiger partial charge in [0.05, 0.1) is 29.5 Å². The Bertz CT molecular complexity index is 712. The second kappa shape index (κ2) is 7.55. The smallest absolute Gasteiger partial charge is 0.186 e. The molecule has 5 heteroatoms. The summed E-state index contributed by atoms with van der Waals surface area (Å²) in [7, 11) is 1.94. The monoisotopic (exact) mass is 328 g/mol. The van der Waals surface area contributed by atoms with Crippen LogP contribution >= 0.6 is 11.3 Å². The van der Waals surface area contributed by atoms with Crippen LogP contribution < -0.4 is 4.90 Å². The van der Waals surface area contributed by atoms with Crippen molar-refractivity contribution in [3.63, 3.8) is 0 Å². The summed E-state index contributed by atoms with van der Waals surface area (Å²) in [5.74, 6) is 0. The van der Waals surface area contributed by atoms with Crippen LogP contribution in [0.15, 0.2) is 54.6 Å². The van der Waals surface area contributed by atoms with Crippen LogP contribution in [0, 0.1) is 0 Å². The highest BCUT2D eigenvalue weighted by Gasteiger charge is 2.13. The Morgan fingerprint density at radius 2 is 1.87 bits per heavy atom. The molecule has 4 nitrogen and oxygen atoms in total. The summed E-state index contributed by atoms with van der Waals surface area (Å²) in [6, 6.07) is 18.0. The van der Waals surface area contributed by atoms with Crippen LogP contribution in [-0.2, 0) is 11.3 Å². The van der Waals surface area contributed by atoms with Crippen molar-refractivity contribution in [1.29, 1.82) is 0 Å². The molecule has 1 heterocycles. The molecular weight excluding hydrogens is 308 g/mol. The number of likely N-dealkylation sites (N-methyl/N-ethyl adjacent to an activating group) is 1. The molecule has 23 heavy (non-hydrogen) atoms. The zero-order valence-electron chi connectivity index (χ0n) is 13.1. The second-order valence-electron chi connectivity index (χ2n) is 5.50. The summed E-state index contributed by atoms with van der Waals surface area (Å²) < 4.78 is 6.74. The fraction of sp³-hybridized carbons (Fsp3) is 0.278. The van der Waals surface area contributed by atoms with Gasteiger partial charge < -0.3 is 14.7 Å². The molecule has 3 rings (SSSR count). The van der Waals surface area contributed by atoms with Gasteiger partial charge in [-0.15, -0.1) is 0 Å². The number of fused-ring (bicyclic) bond motifs is 1. The van der Waals surface area contributed by atoms with Crippen molar-refractivity contribution < 1.29 is 9.84 Å². The molecule has 120 valence electrons. The average molecular weight is 328 g/mol. The number of aromatic nitrogens is 1. The van der Waals surface area contributed by atoms with E-state index in [0.717, 1.165) is 20.9 Å². The number of hydrogen-bond donors (Lipinski definition) is 1.